The van der Waals surface area contributed by atoms with Crippen LogP contribution < -0.4 is 4.74 Å². The van der Waals surface area contributed by atoms with E-state index in [1.165, 1.54) is 6.42 Å². The van der Waals surface area contributed by atoms with Crippen molar-refractivity contribution in [1.29, 1.82) is 0 Å². The highest BCUT2D eigenvalue weighted by atomic mass is 16.5. The lowest BCUT2D eigenvalue weighted by Crippen LogP contribution is -2.50. The number of aryl methyl sites for hydroxylation is 1. The van der Waals surface area contributed by atoms with Gasteiger partial charge in [-0.05, 0) is 43.4 Å². The van der Waals surface area contributed by atoms with Crippen molar-refractivity contribution in [2.45, 2.75) is 51.3 Å². The minimum Gasteiger partial charge on any atom is -0.480 e. The molecule has 1 aromatic carbocycles. The first-order valence-electron chi connectivity index (χ1n) is 8.75. The minimum absolute atomic E-state index is 0.125. The van der Waals surface area contributed by atoms with E-state index in [9.17, 15) is 4.79 Å². The molecule has 2 atom stereocenters. The average Bonchev–Trinajstić information content (AvgIpc) is 3.20. The molecule has 1 saturated heterocycles. The second-order valence-electron chi connectivity index (χ2n) is 6.84. The lowest BCUT2D eigenvalue weighted by atomic mass is 10.0. The van der Waals surface area contributed by atoms with Crippen molar-refractivity contribution in [1.82, 2.24) is 14.7 Å². The number of nitrogens with zero attached hydrogens (tertiary/aromatic N) is 3. The van der Waals surface area contributed by atoms with E-state index in [-0.39, 0.29) is 18.1 Å². The summed E-state index contributed by atoms with van der Waals surface area (Å²) in [6.07, 6.45) is 7.48. The molecule has 2 aliphatic rings. The number of benzene rings is 1. The maximum atomic E-state index is 13.0. The smallest absolute Gasteiger partial charge is 0.264 e. The van der Waals surface area contributed by atoms with Crippen LogP contribution in [-0.2, 0) is 17.8 Å². The van der Waals surface area contributed by atoms with Gasteiger partial charge in [-0.3, -0.25) is 9.48 Å². The first-order chi connectivity index (χ1) is 11.7. The van der Waals surface area contributed by atoms with E-state index < -0.39 is 0 Å². The molecule has 1 aromatic heterocycles. The largest absolute Gasteiger partial charge is 0.480 e. The number of fused-ring (bicyclic) bond motifs is 1. The molecule has 5 heteroatoms. The number of ether oxygens (including phenoxy) is 1. The predicted molar refractivity (Wildman–Crippen MR) is 90.9 cm³/mol. The second kappa shape index (κ2) is 6.30. The van der Waals surface area contributed by atoms with Gasteiger partial charge in [-0.25, -0.2) is 0 Å². The molecule has 2 aliphatic heterocycles. The van der Waals surface area contributed by atoms with Crippen LogP contribution in [0.3, 0.4) is 0 Å². The van der Waals surface area contributed by atoms with Crippen LogP contribution in [0.1, 0.15) is 30.4 Å². The van der Waals surface area contributed by atoms with Gasteiger partial charge in [0.1, 0.15) is 5.75 Å². The summed E-state index contributed by atoms with van der Waals surface area (Å²) < 4.78 is 7.87. The van der Waals surface area contributed by atoms with Gasteiger partial charge in [0.05, 0.1) is 18.8 Å². The van der Waals surface area contributed by atoms with Crippen LogP contribution in [0, 0.1) is 6.92 Å². The molecule has 1 fully saturated rings. The number of carbonyl (C=O) groups is 1. The zero-order chi connectivity index (χ0) is 16.5. The molecular weight excluding hydrogens is 302 g/mol. The standard InChI is InChI=1S/C19H23N3O2/c1-14-11-20-21(12-14)13-16-7-4-5-9-22(16)19(23)18-10-15-6-2-3-8-17(15)24-18/h2-3,6,8,11-12,16,18H,4-5,7,9-10,13H2,1H3. The molecule has 1 amide bonds. The fourth-order valence-electron chi connectivity index (χ4n) is 3.77. The maximum absolute atomic E-state index is 13.0. The summed E-state index contributed by atoms with van der Waals surface area (Å²) in [6, 6.07) is 8.15. The number of amides is 1. The van der Waals surface area contributed by atoms with E-state index in [1.54, 1.807) is 0 Å². The van der Waals surface area contributed by atoms with Crippen molar-refractivity contribution in [2.75, 3.05) is 6.54 Å². The molecule has 5 nitrogen and oxygen atoms in total. The third-order valence-corrected chi connectivity index (χ3v) is 4.99. The van der Waals surface area contributed by atoms with Crippen molar-refractivity contribution >= 4 is 5.91 Å². The first-order valence-corrected chi connectivity index (χ1v) is 8.75. The lowest BCUT2D eigenvalue weighted by molar-refractivity contribution is -0.142. The van der Waals surface area contributed by atoms with Gasteiger partial charge < -0.3 is 9.64 Å². The summed E-state index contributed by atoms with van der Waals surface area (Å²) in [7, 11) is 0. The Morgan fingerprint density at radius 3 is 3.00 bits per heavy atom. The van der Waals surface area contributed by atoms with Gasteiger partial charge in [0.25, 0.3) is 5.91 Å². The number of aromatic nitrogens is 2. The fourth-order valence-corrected chi connectivity index (χ4v) is 3.77. The van der Waals surface area contributed by atoms with Gasteiger partial charge in [0.2, 0.25) is 0 Å². The number of likely N-dealkylation sites (tertiary alicyclic amines) is 1. The maximum Gasteiger partial charge on any atom is 0.264 e. The summed E-state index contributed by atoms with van der Waals surface area (Å²) in [5.41, 5.74) is 2.28. The Labute approximate surface area is 142 Å². The molecule has 3 heterocycles. The van der Waals surface area contributed by atoms with Crippen molar-refractivity contribution in [3.05, 3.63) is 47.8 Å². The molecule has 0 saturated carbocycles. The molecule has 24 heavy (non-hydrogen) atoms. The second-order valence-corrected chi connectivity index (χ2v) is 6.84. The monoisotopic (exact) mass is 325 g/mol. The van der Waals surface area contributed by atoms with E-state index in [0.717, 1.165) is 42.8 Å². The highest BCUT2D eigenvalue weighted by Crippen LogP contribution is 2.30. The highest BCUT2D eigenvalue weighted by Gasteiger charge is 2.36. The lowest BCUT2D eigenvalue weighted by Gasteiger charge is -2.37. The Hall–Kier alpha value is -2.30. The third-order valence-electron chi connectivity index (χ3n) is 4.99. The summed E-state index contributed by atoms with van der Waals surface area (Å²) in [5, 5.41) is 4.38. The number of rotatable bonds is 3. The third kappa shape index (κ3) is 2.90. The van der Waals surface area contributed by atoms with Crippen LogP contribution in [0.5, 0.6) is 5.75 Å². The van der Waals surface area contributed by atoms with E-state index in [1.807, 2.05) is 53.2 Å². The summed E-state index contributed by atoms with van der Waals surface area (Å²) >= 11 is 0. The number of carbonyl (C=O) groups excluding carboxylic acids is 1. The topological polar surface area (TPSA) is 47.4 Å². The molecule has 4 rings (SSSR count). The summed E-state index contributed by atoms with van der Waals surface area (Å²) in [5.74, 6) is 0.979. The van der Waals surface area contributed by atoms with E-state index in [0.29, 0.717) is 6.42 Å². The van der Waals surface area contributed by atoms with Gasteiger partial charge in [-0.2, -0.15) is 5.10 Å². The van der Waals surface area contributed by atoms with Crippen LogP contribution in [0.2, 0.25) is 0 Å². The van der Waals surface area contributed by atoms with E-state index in [4.69, 9.17) is 4.74 Å². The number of piperidine rings is 1. The quantitative estimate of drug-likeness (QED) is 0.871. The fraction of sp³-hybridized carbons (Fsp3) is 0.474. The van der Waals surface area contributed by atoms with Gasteiger partial charge in [0.15, 0.2) is 6.10 Å². The molecule has 2 unspecified atom stereocenters. The van der Waals surface area contributed by atoms with Gasteiger partial charge in [-0.1, -0.05) is 18.2 Å². The van der Waals surface area contributed by atoms with Gasteiger partial charge in [-0.15, -0.1) is 0 Å². The van der Waals surface area contributed by atoms with Crippen LogP contribution in [0.4, 0.5) is 0 Å². The molecule has 2 aromatic rings. The normalized spacial score (nSPS) is 23.0. The molecular formula is C19H23N3O2. The van der Waals surface area contributed by atoms with E-state index >= 15 is 0 Å². The molecule has 0 bridgehead atoms. The van der Waals surface area contributed by atoms with Crippen LogP contribution in [0.25, 0.3) is 0 Å². The number of hydrogen-bond donors (Lipinski definition) is 0. The molecule has 126 valence electrons. The Bertz CT molecular complexity index is 715. The van der Waals surface area contributed by atoms with Crippen molar-refractivity contribution in [2.24, 2.45) is 0 Å². The zero-order valence-electron chi connectivity index (χ0n) is 14.0. The molecule has 0 N–H and O–H groups in total. The number of para-hydroxylation sites is 1. The summed E-state index contributed by atoms with van der Waals surface area (Å²) in [6.45, 7) is 3.62. The van der Waals surface area contributed by atoms with Gasteiger partial charge in [0, 0.05) is 19.2 Å². The van der Waals surface area contributed by atoms with Crippen molar-refractivity contribution in [3.8, 4) is 5.75 Å². The van der Waals surface area contributed by atoms with Gasteiger partial charge >= 0.3 is 0 Å². The SMILES string of the molecule is Cc1cnn(CC2CCCCN2C(=O)C2Cc3ccccc3O2)c1. The molecule has 0 spiro atoms. The Kier molecular flexibility index (Phi) is 4.00. The molecule has 0 radical (unpaired) electrons. The van der Waals surface area contributed by atoms with E-state index in [2.05, 4.69) is 5.10 Å². The van der Waals surface area contributed by atoms with Crippen LogP contribution >= 0.6 is 0 Å². The van der Waals surface area contributed by atoms with Crippen molar-refractivity contribution in [3.63, 3.8) is 0 Å². The highest BCUT2D eigenvalue weighted by molar-refractivity contribution is 5.83. The first kappa shape index (κ1) is 15.2. The average molecular weight is 325 g/mol. The van der Waals surface area contributed by atoms with Crippen molar-refractivity contribution < 1.29 is 9.53 Å². The predicted octanol–water partition coefficient (Wildman–Crippen LogP) is 2.58. The van der Waals surface area contributed by atoms with Crippen LogP contribution in [0.15, 0.2) is 36.7 Å². The van der Waals surface area contributed by atoms with Crippen LogP contribution in [-0.4, -0.2) is 39.3 Å². The zero-order valence-corrected chi connectivity index (χ0v) is 14.0. The minimum atomic E-state index is -0.373. The molecule has 0 aliphatic carbocycles. The number of hydrogen-bond acceptors (Lipinski definition) is 3. The Balaban J connectivity index is 1.47. The Morgan fingerprint density at radius 2 is 2.21 bits per heavy atom. The summed E-state index contributed by atoms with van der Waals surface area (Å²) in [4.78, 5) is 15.1. The Morgan fingerprint density at radius 1 is 1.33 bits per heavy atom.